The van der Waals surface area contributed by atoms with E-state index < -0.39 is 17.7 Å². The van der Waals surface area contributed by atoms with E-state index in [1.807, 2.05) is 26.8 Å². The number of aryl methyl sites for hydroxylation is 1. The third kappa shape index (κ3) is 5.20. The molecule has 1 unspecified atom stereocenters. The molecule has 1 heterocycles. The largest absolute Gasteiger partial charge is 0.507 e. The zero-order chi connectivity index (χ0) is 24.0. The molecule has 1 fully saturated rings. The van der Waals surface area contributed by atoms with Crippen LogP contribution in [0.1, 0.15) is 49.4 Å². The molecule has 2 N–H and O–H groups in total. The molecule has 7 heteroatoms. The molecule has 1 aliphatic heterocycles. The zero-order valence-electron chi connectivity index (χ0n) is 19.3. The third-order valence-corrected chi connectivity index (χ3v) is 5.50. The molecule has 3 rings (SSSR count). The van der Waals surface area contributed by atoms with Crippen LogP contribution in [0, 0.1) is 6.92 Å². The molecule has 1 aliphatic rings. The number of Topliss-reactive ketones (excluding diaryl/α,β-unsaturated/α-hetero) is 1. The van der Waals surface area contributed by atoms with Crippen molar-refractivity contribution in [3.63, 3.8) is 0 Å². The fourth-order valence-electron chi connectivity index (χ4n) is 4.00. The molecule has 0 saturated carbocycles. The lowest BCUT2D eigenvalue weighted by atomic mass is 9.94. The molecule has 0 bridgehead atoms. The fraction of sp³-hybridized carbons (Fsp3) is 0.385. The molecule has 1 saturated heterocycles. The zero-order valence-corrected chi connectivity index (χ0v) is 19.3. The predicted octanol–water partition coefficient (Wildman–Crippen LogP) is 3.99. The number of ketones is 1. The standard InChI is InChI=1S/C26H31NO6/c1-4-12-27-23(18-8-6-9-20(16-18)33-14-7-13-28)22(25(30)26(27)31)24(29)19-10-11-21(32-5-2)17(3)15-19/h6,8-11,15-16,23,28-29H,4-5,7,12-14H2,1-3H3/b24-22+. The van der Waals surface area contributed by atoms with E-state index in [2.05, 4.69) is 0 Å². The first-order valence-corrected chi connectivity index (χ1v) is 11.3. The van der Waals surface area contributed by atoms with Gasteiger partial charge in [0.15, 0.2) is 0 Å². The highest BCUT2D eigenvalue weighted by Crippen LogP contribution is 2.40. The van der Waals surface area contributed by atoms with Gasteiger partial charge in [0.25, 0.3) is 11.7 Å². The minimum Gasteiger partial charge on any atom is -0.507 e. The van der Waals surface area contributed by atoms with Crippen LogP contribution >= 0.6 is 0 Å². The number of carbonyl (C=O) groups is 2. The van der Waals surface area contributed by atoms with Gasteiger partial charge in [-0.3, -0.25) is 9.59 Å². The number of hydrogen-bond acceptors (Lipinski definition) is 6. The number of rotatable bonds is 10. The van der Waals surface area contributed by atoms with Crippen LogP contribution in [-0.4, -0.2) is 53.2 Å². The van der Waals surface area contributed by atoms with Crippen LogP contribution in [0.2, 0.25) is 0 Å². The molecular weight excluding hydrogens is 422 g/mol. The van der Waals surface area contributed by atoms with Gasteiger partial charge in [-0.2, -0.15) is 0 Å². The Kier molecular flexibility index (Phi) is 8.11. The number of hydrogen-bond donors (Lipinski definition) is 2. The summed E-state index contributed by atoms with van der Waals surface area (Å²) >= 11 is 0. The monoisotopic (exact) mass is 453 g/mol. The molecule has 0 aromatic heterocycles. The average molecular weight is 454 g/mol. The topological polar surface area (TPSA) is 96.3 Å². The summed E-state index contributed by atoms with van der Waals surface area (Å²) in [5.74, 6) is -0.277. The van der Waals surface area contributed by atoms with Gasteiger partial charge < -0.3 is 24.6 Å². The Labute approximate surface area is 194 Å². The second-order valence-electron chi connectivity index (χ2n) is 7.90. The predicted molar refractivity (Wildman–Crippen MR) is 125 cm³/mol. The lowest BCUT2D eigenvalue weighted by Crippen LogP contribution is -2.30. The second-order valence-corrected chi connectivity index (χ2v) is 7.90. The maximum atomic E-state index is 13.0. The normalized spacial score (nSPS) is 17.5. The van der Waals surface area contributed by atoms with Crippen molar-refractivity contribution in [3.8, 4) is 11.5 Å². The van der Waals surface area contributed by atoms with Gasteiger partial charge in [0, 0.05) is 25.1 Å². The lowest BCUT2D eigenvalue weighted by molar-refractivity contribution is -0.139. The first kappa shape index (κ1) is 24.3. The van der Waals surface area contributed by atoms with Gasteiger partial charge in [0.05, 0.1) is 24.8 Å². The maximum Gasteiger partial charge on any atom is 0.295 e. The first-order chi connectivity index (χ1) is 15.9. The minimum absolute atomic E-state index is 0.0257. The van der Waals surface area contributed by atoms with Crippen LogP contribution in [0.5, 0.6) is 11.5 Å². The van der Waals surface area contributed by atoms with Crippen molar-refractivity contribution in [2.75, 3.05) is 26.4 Å². The molecule has 0 radical (unpaired) electrons. The number of aliphatic hydroxyl groups is 2. The molecule has 33 heavy (non-hydrogen) atoms. The summed E-state index contributed by atoms with van der Waals surface area (Å²) in [4.78, 5) is 27.4. The van der Waals surface area contributed by atoms with Crippen molar-refractivity contribution in [1.29, 1.82) is 0 Å². The number of aliphatic hydroxyl groups excluding tert-OH is 2. The summed E-state index contributed by atoms with van der Waals surface area (Å²) in [6.07, 6.45) is 1.16. The Morgan fingerprint density at radius 2 is 1.88 bits per heavy atom. The highest BCUT2D eigenvalue weighted by Gasteiger charge is 2.45. The minimum atomic E-state index is -0.724. The smallest absolute Gasteiger partial charge is 0.295 e. The number of nitrogens with zero attached hydrogens (tertiary/aromatic N) is 1. The summed E-state index contributed by atoms with van der Waals surface area (Å²) in [5, 5.41) is 20.2. The summed E-state index contributed by atoms with van der Waals surface area (Å²) in [6, 6.07) is 11.6. The fourth-order valence-corrected chi connectivity index (χ4v) is 4.00. The number of likely N-dealkylation sites (tertiary alicyclic amines) is 1. The second kappa shape index (κ2) is 11.0. The Morgan fingerprint density at radius 1 is 1.09 bits per heavy atom. The van der Waals surface area contributed by atoms with Crippen LogP contribution < -0.4 is 9.47 Å². The lowest BCUT2D eigenvalue weighted by Gasteiger charge is -2.25. The van der Waals surface area contributed by atoms with E-state index in [1.165, 1.54) is 4.90 Å². The van der Waals surface area contributed by atoms with Crippen LogP contribution in [-0.2, 0) is 9.59 Å². The van der Waals surface area contributed by atoms with Gasteiger partial charge in [-0.25, -0.2) is 0 Å². The quantitative estimate of drug-likeness (QED) is 0.244. The van der Waals surface area contributed by atoms with Gasteiger partial charge in [0.2, 0.25) is 0 Å². The highest BCUT2D eigenvalue weighted by molar-refractivity contribution is 6.46. The van der Waals surface area contributed by atoms with E-state index in [1.54, 1.807) is 36.4 Å². The van der Waals surface area contributed by atoms with Gasteiger partial charge >= 0.3 is 0 Å². The Morgan fingerprint density at radius 3 is 2.55 bits per heavy atom. The maximum absolute atomic E-state index is 13.0. The Balaban J connectivity index is 2.08. The van der Waals surface area contributed by atoms with Gasteiger partial charge in [-0.1, -0.05) is 19.1 Å². The molecule has 0 aliphatic carbocycles. The first-order valence-electron chi connectivity index (χ1n) is 11.3. The summed E-state index contributed by atoms with van der Waals surface area (Å²) in [5.41, 5.74) is 2.00. The van der Waals surface area contributed by atoms with E-state index in [4.69, 9.17) is 14.6 Å². The van der Waals surface area contributed by atoms with Gasteiger partial charge in [-0.05, 0) is 61.7 Å². The van der Waals surface area contributed by atoms with Crippen LogP contribution in [0.3, 0.4) is 0 Å². The molecule has 2 aromatic rings. The number of benzene rings is 2. The Hall–Kier alpha value is -3.32. The van der Waals surface area contributed by atoms with E-state index in [0.29, 0.717) is 55.2 Å². The van der Waals surface area contributed by atoms with E-state index in [-0.39, 0.29) is 17.9 Å². The average Bonchev–Trinajstić information content (AvgIpc) is 3.06. The molecule has 2 aromatic carbocycles. The van der Waals surface area contributed by atoms with Crippen molar-refractivity contribution in [2.24, 2.45) is 0 Å². The SMILES string of the molecule is CCCN1C(=O)C(=O)/C(=C(/O)c2ccc(OCC)c(C)c2)C1c1cccc(OCCCO)c1. The summed E-state index contributed by atoms with van der Waals surface area (Å²) in [7, 11) is 0. The molecule has 0 spiro atoms. The van der Waals surface area contributed by atoms with E-state index >= 15 is 0 Å². The molecule has 1 atom stereocenters. The Bertz CT molecular complexity index is 1040. The van der Waals surface area contributed by atoms with Crippen LogP contribution in [0.25, 0.3) is 5.76 Å². The molecule has 176 valence electrons. The van der Waals surface area contributed by atoms with Crippen molar-refractivity contribution < 1.29 is 29.3 Å². The van der Waals surface area contributed by atoms with E-state index in [9.17, 15) is 14.7 Å². The van der Waals surface area contributed by atoms with Crippen molar-refractivity contribution in [3.05, 3.63) is 64.7 Å². The summed E-state index contributed by atoms with van der Waals surface area (Å²) < 4.78 is 11.3. The van der Waals surface area contributed by atoms with Crippen LogP contribution in [0.15, 0.2) is 48.0 Å². The number of amides is 1. The van der Waals surface area contributed by atoms with Crippen molar-refractivity contribution >= 4 is 17.4 Å². The van der Waals surface area contributed by atoms with Crippen molar-refractivity contribution in [2.45, 2.75) is 39.7 Å². The van der Waals surface area contributed by atoms with Gasteiger partial charge in [-0.15, -0.1) is 0 Å². The molecule has 7 nitrogen and oxygen atoms in total. The highest BCUT2D eigenvalue weighted by atomic mass is 16.5. The number of carbonyl (C=O) groups excluding carboxylic acids is 2. The molecular formula is C26H31NO6. The number of ether oxygens (including phenoxy) is 2. The molecule has 1 amide bonds. The summed E-state index contributed by atoms with van der Waals surface area (Å²) in [6.45, 7) is 6.96. The third-order valence-electron chi connectivity index (χ3n) is 5.50. The van der Waals surface area contributed by atoms with Gasteiger partial charge in [0.1, 0.15) is 17.3 Å². The van der Waals surface area contributed by atoms with Crippen LogP contribution in [0.4, 0.5) is 0 Å². The van der Waals surface area contributed by atoms with E-state index in [0.717, 1.165) is 5.56 Å². The van der Waals surface area contributed by atoms with Crippen molar-refractivity contribution in [1.82, 2.24) is 4.90 Å².